The van der Waals surface area contributed by atoms with Crippen LogP contribution in [0.3, 0.4) is 0 Å². The van der Waals surface area contributed by atoms with Crippen molar-refractivity contribution in [3.63, 3.8) is 0 Å². The van der Waals surface area contributed by atoms with Gasteiger partial charge in [0.25, 0.3) is 0 Å². The van der Waals surface area contributed by atoms with E-state index < -0.39 is 0 Å². The summed E-state index contributed by atoms with van der Waals surface area (Å²) in [5.74, 6) is 0.977. The maximum absolute atomic E-state index is 5.71. The Morgan fingerprint density at radius 2 is 1.95 bits per heavy atom. The Kier molecular flexibility index (Phi) is 3.28. The van der Waals surface area contributed by atoms with E-state index in [1.807, 2.05) is 31.3 Å². The van der Waals surface area contributed by atoms with E-state index in [0.29, 0.717) is 0 Å². The summed E-state index contributed by atoms with van der Waals surface area (Å²) >= 11 is 1.70. The molecule has 2 aromatic heterocycles. The summed E-state index contributed by atoms with van der Waals surface area (Å²) in [5.41, 5.74) is 9.96. The molecule has 102 valence electrons. The summed E-state index contributed by atoms with van der Waals surface area (Å²) in [4.78, 5) is 10.9. The van der Waals surface area contributed by atoms with Crippen molar-refractivity contribution >= 4 is 33.1 Å². The molecule has 20 heavy (non-hydrogen) atoms. The number of rotatable bonds is 3. The Hall–Kier alpha value is -2.14. The highest BCUT2D eigenvalue weighted by Gasteiger charge is 2.12. The van der Waals surface area contributed by atoms with E-state index in [9.17, 15) is 0 Å². The maximum atomic E-state index is 5.71. The van der Waals surface area contributed by atoms with Crippen LogP contribution in [-0.2, 0) is 6.54 Å². The van der Waals surface area contributed by atoms with Gasteiger partial charge < -0.3 is 10.6 Å². The predicted octanol–water partition coefficient (Wildman–Crippen LogP) is 3.22. The minimum absolute atomic E-state index is 0.787. The Morgan fingerprint density at radius 1 is 1.20 bits per heavy atom. The SMILES string of the molecule is Cc1csc2c(N(C)Cc3ccc(N)cc3)ncnc12. The van der Waals surface area contributed by atoms with Crippen molar-refractivity contribution in [2.24, 2.45) is 0 Å². The highest BCUT2D eigenvalue weighted by molar-refractivity contribution is 7.18. The second-order valence-electron chi connectivity index (χ2n) is 4.89. The molecule has 0 unspecified atom stereocenters. The van der Waals surface area contributed by atoms with Gasteiger partial charge in [0, 0.05) is 19.3 Å². The second-order valence-corrected chi connectivity index (χ2v) is 5.77. The van der Waals surface area contributed by atoms with Crippen LogP contribution < -0.4 is 10.6 Å². The molecule has 0 spiro atoms. The minimum Gasteiger partial charge on any atom is -0.399 e. The Bertz CT molecular complexity index is 733. The molecule has 5 heteroatoms. The molecule has 0 aliphatic heterocycles. The van der Waals surface area contributed by atoms with Crippen molar-refractivity contribution < 1.29 is 0 Å². The highest BCUT2D eigenvalue weighted by atomic mass is 32.1. The van der Waals surface area contributed by atoms with Crippen LogP contribution in [-0.4, -0.2) is 17.0 Å². The van der Waals surface area contributed by atoms with Gasteiger partial charge in [0.15, 0.2) is 0 Å². The molecule has 0 amide bonds. The molecule has 0 saturated heterocycles. The monoisotopic (exact) mass is 284 g/mol. The van der Waals surface area contributed by atoms with E-state index in [4.69, 9.17) is 5.73 Å². The molecule has 1 aromatic carbocycles. The predicted molar refractivity (Wildman–Crippen MR) is 85.1 cm³/mol. The zero-order valence-corrected chi connectivity index (χ0v) is 12.3. The second kappa shape index (κ2) is 5.09. The summed E-state index contributed by atoms with van der Waals surface area (Å²) in [7, 11) is 2.05. The molecular weight excluding hydrogens is 268 g/mol. The molecule has 0 atom stereocenters. The van der Waals surface area contributed by atoms with E-state index in [2.05, 4.69) is 27.2 Å². The van der Waals surface area contributed by atoms with Crippen LogP contribution in [0.1, 0.15) is 11.1 Å². The van der Waals surface area contributed by atoms with Crippen molar-refractivity contribution in [3.8, 4) is 0 Å². The lowest BCUT2D eigenvalue weighted by atomic mass is 10.2. The van der Waals surface area contributed by atoms with E-state index >= 15 is 0 Å². The first-order chi connectivity index (χ1) is 9.65. The smallest absolute Gasteiger partial charge is 0.150 e. The third kappa shape index (κ3) is 2.32. The summed E-state index contributed by atoms with van der Waals surface area (Å²) < 4.78 is 1.14. The summed E-state index contributed by atoms with van der Waals surface area (Å²) in [6.07, 6.45) is 1.64. The zero-order chi connectivity index (χ0) is 14.1. The Balaban J connectivity index is 1.92. The fraction of sp³-hybridized carbons (Fsp3) is 0.200. The van der Waals surface area contributed by atoms with Gasteiger partial charge in [-0.05, 0) is 35.6 Å². The van der Waals surface area contributed by atoms with E-state index in [0.717, 1.165) is 28.3 Å². The molecule has 2 N–H and O–H groups in total. The number of benzene rings is 1. The van der Waals surface area contributed by atoms with E-state index in [1.54, 1.807) is 17.7 Å². The molecule has 2 heterocycles. The molecule has 0 bridgehead atoms. The number of anilines is 2. The average molecular weight is 284 g/mol. The molecule has 4 nitrogen and oxygen atoms in total. The third-order valence-electron chi connectivity index (χ3n) is 3.27. The van der Waals surface area contributed by atoms with Gasteiger partial charge in [0.2, 0.25) is 0 Å². The molecule has 3 rings (SSSR count). The van der Waals surface area contributed by atoms with Crippen molar-refractivity contribution in [2.45, 2.75) is 13.5 Å². The Labute approximate surface area is 121 Å². The van der Waals surface area contributed by atoms with E-state index in [-0.39, 0.29) is 0 Å². The molecule has 0 saturated carbocycles. The molecule has 0 aliphatic carbocycles. The third-order valence-corrected chi connectivity index (χ3v) is 4.36. The first-order valence-corrected chi connectivity index (χ1v) is 7.27. The number of fused-ring (bicyclic) bond motifs is 1. The minimum atomic E-state index is 0.787. The number of aromatic nitrogens is 2. The maximum Gasteiger partial charge on any atom is 0.150 e. The van der Waals surface area contributed by atoms with Crippen LogP contribution in [0.25, 0.3) is 10.2 Å². The number of thiophene rings is 1. The van der Waals surface area contributed by atoms with Crippen LogP contribution in [0.5, 0.6) is 0 Å². The molecule has 0 aliphatic rings. The van der Waals surface area contributed by atoms with Gasteiger partial charge in [-0.3, -0.25) is 0 Å². The number of nitrogen functional groups attached to an aromatic ring is 1. The van der Waals surface area contributed by atoms with Crippen LogP contribution in [0, 0.1) is 6.92 Å². The zero-order valence-electron chi connectivity index (χ0n) is 11.5. The van der Waals surface area contributed by atoms with Crippen molar-refractivity contribution in [1.29, 1.82) is 0 Å². The molecular formula is C15H16N4S. The summed E-state index contributed by atoms with van der Waals surface area (Å²) in [6, 6.07) is 7.94. The standard InChI is InChI=1S/C15H16N4S/c1-10-8-20-14-13(10)17-9-18-15(14)19(2)7-11-3-5-12(16)6-4-11/h3-6,8-9H,7,16H2,1-2H3. The first-order valence-electron chi connectivity index (χ1n) is 6.39. The van der Waals surface area contributed by atoms with Crippen LogP contribution in [0.15, 0.2) is 36.0 Å². The van der Waals surface area contributed by atoms with Crippen molar-refractivity contribution in [3.05, 3.63) is 47.1 Å². The highest BCUT2D eigenvalue weighted by Crippen LogP contribution is 2.30. The molecule has 0 fully saturated rings. The summed E-state index contributed by atoms with van der Waals surface area (Å²) in [5, 5.41) is 2.12. The number of hydrogen-bond acceptors (Lipinski definition) is 5. The number of aryl methyl sites for hydroxylation is 1. The van der Waals surface area contributed by atoms with Crippen molar-refractivity contribution in [2.75, 3.05) is 17.7 Å². The average Bonchev–Trinajstić information content (AvgIpc) is 2.83. The number of nitrogens with zero attached hydrogens (tertiary/aromatic N) is 3. The van der Waals surface area contributed by atoms with Gasteiger partial charge in [-0.1, -0.05) is 12.1 Å². The largest absolute Gasteiger partial charge is 0.399 e. The lowest BCUT2D eigenvalue weighted by Gasteiger charge is -2.18. The fourth-order valence-corrected chi connectivity index (χ4v) is 3.25. The van der Waals surface area contributed by atoms with Gasteiger partial charge in [-0.2, -0.15) is 0 Å². The van der Waals surface area contributed by atoms with Gasteiger partial charge >= 0.3 is 0 Å². The van der Waals surface area contributed by atoms with Gasteiger partial charge in [0.1, 0.15) is 12.1 Å². The van der Waals surface area contributed by atoms with Crippen LogP contribution in [0.2, 0.25) is 0 Å². The van der Waals surface area contributed by atoms with Crippen molar-refractivity contribution in [1.82, 2.24) is 9.97 Å². The van der Waals surface area contributed by atoms with E-state index in [1.165, 1.54) is 11.1 Å². The molecule has 0 radical (unpaired) electrons. The quantitative estimate of drug-likeness (QED) is 0.750. The normalized spacial score (nSPS) is 10.9. The van der Waals surface area contributed by atoms with Crippen LogP contribution in [0.4, 0.5) is 11.5 Å². The topological polar surface area (TPSA) is 55.0 Å². The molecule has 3 aromatic rings. The lowest BCUT2D eigenvalue weighted by molar-refractivity contribution is 0.902. The number of nitrogens with two attached hydrogens (primary N) is 1. The Morgan fingerprint density at radius 3 is 2.70 bits per heavy atom. The fourth-order valence-electron chi connectivity index (χ4n) is 2.20. The van der Waals surface area contributed by atoms with Gasteiger partial charge in [-0.25, -0.2) is 9.97 Å². The van der Waals surface area contributed by atoms with Crippen LogP contribution >= 0.6 is 11.3 Å². The van der Waals surface area contributed by atoms with Gasteiger partial charge in [0.05, 0.1) is 10.2 Å². The lowest BCUT2D eigenvalue weighted by Crippen LogP contribution is -2.17. The van der Waals surface area contributed by atoms with Gasteiger partial charge in [-0.15, -0.1) is 11.3 Å². The summed E-state index contributed by atoms with van der Waals surface area (Å²) in [6.45, 7) is 2.87. The first kappa shape index (κ1) is 12.9. The number of hydrogen-bond donors (Lipinski definition) is 1.